The van der Waals surface area contributed by atoms with E-state index in [1.807, 2.05) is 0 Å². The van der Waals surface area contributed by atoms with E-state index in [1.54, 1.807) is 0 Å². The van der Waals surface area contributed by atoms with Crippen LogP contribution in [0.2, 0.25) is 6.32 Å². The Morgan fingerprint density at radius 2 is 2.00 bits per heavy atom. The highest BCUT2D eigenvalue weighted by Crippen LogP contribution is 2.28. The van der Waals surface area contributed by atoms with Crippen LogP contribution in [0.5, 0.6) is 0 Å². The molecule has 0 radical (unpaired) electrons. The van der Waals surface area contributed by atoms with Crippen LogP contribution in [-0.2, 0) is 0 Å². The lowest BCUT2D eigenvalue weighted by Crippen LogP contribution is -2.29. The van der Waals surface area contributed by atoms with E-state index < -0.39 is 7.12 Å². The molecular weight excluding hydrogens is 191 g/mol. The van der Waals surface area contributed by atoms with Crippen molar-refractivity contribution in [1.29, 1.82) is 0 Å². The van der Waals surface area contributed by atoms with Gasteiger partial charge in [0.1, 0.15) is 0 Å². The fourth-order valence-electron chi connectivity index (χ4n) is 2.38. The molecule has 0 amide bonds. The molecule has 1 aliphatic carbocycles. The van der Waals surface area contributed by atoms with Gasteiger partial charge in [-0.1, -0.05) is 12.8 Å². The molecule has 15 heavy (non-hydrogen) atoms. The number of nitrogens with two attached hydrogens (primary N) is 2. The fourth-order valence-corrected chi connectivity index (χ4v) is 2.38. The van der Waals surface area contributed by atoms with E-state index in [9.17, 15) is 0 Å². The van der Waals surface area contributed by atoms with E-state index in [0.29, 0.717) is 18.3 Å². The summed E-state index contributed by atoms with van der Waals surface area (Å²) >= 11 is 0. The first-order valence-electron chi connectivity index (χ1n) is 5.97. The minimum absolute atomic E-state index is 0.245. The zero-order chi connectivity index (χ0) is 11.3. The maximum absolute atomic E-state index is 8.67. The van der Waals surface area contributed by atoms with E-state index in [0.717, 1.165) is 38.5 Å². The average molecular weight is 214 g/mol. The van der Waals surface area contributed by atoms with Gasteiger partial charge in [-0.15, -0.1) is 0 Å². The maximum Gasteiger partial charge on any atom is 0.451 e. The van der Waals surface area contributed by atoms with Crippen molar-refractivity contribution in [2.75, 3.05) is 0 Å². The summed E-state index contributed by atoms with van der Waals surface area (Å²) in [7, 11) is -1.17. The van der Waals surface area contributed by atoms with Crippen molar-refractivity contribution in [3.05, 3.63) is 0 Å². The van der Waals surface area contributed by atoms with E-state index in [4.69, 9.17) is 21.5 Å². The van der Waals surface area contributed by atoms with Gasteiger partial charge in [0.05, 0.1) is 0 Å². The first-order chi connectivity index (χ1) is 7.09. The minimum atomic E-state index is -1.17. The van der Waals surface area contributed by atoms with Crippen molar-refractivity contribution in [3.63, 3.8) is 0 Å². The lowest BCUT2D eigenvalue weighted by Gasteiger charge is -2.18. The molecule has 1 unspecified atom stereocenters. The second-order valence-electron chi connectivity index (χ2n) is 4.76. The Kier molecular flexibility index (Phi) is 5.60. The smallest absolute Gasteiger partial charge is 0.427 e. The highest BCUT2D eigenvalue weighted by atomic mass is 16.4. The number of hydrogen-bond acceptors (Lipinski definition) is 4. The van der Waals surface area contributed by atoms with Crippen LogP contribution in [0.25, 0.3) is 0 Å². The molecule has 3 atom stereocenters. The third-order valence-electron chi connectivity index (χ3n) is 3.37. The second-order valence-corrected chi connectivity index (χ2v) is 4.76. The summed E-state index contributed by atoms with van der Waals surface area (Å²) in [4.78, 5) is 0. The van der Waals surface area contributed by atoms with E-state index >= 15 is 0 Å². The molecule has 0 aromatic heterocycles. The van der Waals surface area contributed by atoms with Crippen molar-refractivity contribution in [3.8, 4) is 0 Å². The highest BCUT2D eigenvalue weighted by Gasteiger charge is 2.26. The molecule has 0 aromatic carbocycles. The van der Waals surface area contributed by atoms with Gasteiger partial charge < -0.3 is 21.5 Å². The topological polar surface area (TPSA) is 92.5 Å². The van der Waals surface area contributed by atoms with Gasteiger partial charge in [-0.05, 0) is 37.9 Å². The molecule has 1 fully saturated rings. The van der Waals surface area contributed by atoms with Gasteiger partial charge in [-0.3, -0.25) is 0 Å². The lowest BCUT2D eigenvalue weighted by atomic mass is 9.82. The normalized spacial score (nSPS) is 28.0. The van der Waals surface area contributed by atoms with Crippen molar-refractivity contribution < 1.29 is 10.0 Å². The Hall–Kier alpha value is -0.0951. The van der Waals surface area contributed by atoms with Crippen LogP contribution in [0.15, 0.2) is 0 Å². The summed E-state index contributed by atoms with van der Waals surface area (Å²) in [6.07, 6.45) is 6.57. The van der Waals surface area contributed by atoms with Gasteiger partial charge in [0, 0.05) is 12.1 Å². The fraction of sp³-hybridized carbons (Fsp3) is 1.00. The molecule has 88 valence electrons. The van der Waals surface area contributed by atoms with Gasteiger partial charge in [0.15, 0.2) is 0 Å². The van der Waals surface area contributed by atoms with Crippen LogP contribution in [0.4, 0.5) is 0 Å². The first-order valence-corrected chi connectivity index (χ1v) is 5.97. The molecule has 0 bridgehead atoms. The summed E-state index contributed by atoms with van der Waals surface area (Å²) in [5.41, 5.74) is 11.9. The summed E-state index contributed by atoms with van der Waals surface area (Å²) in [6.45, 7) is 0. The summed E-state index contributed by atoms with van der Waals surface area (Å²) in [5, 5.41) is 17.3. The third kappa shape index (κ3) is 4.97. The van der Waals surface area contributed by atoms with Crippen molar-refractivity contribution >= 4 is 7.12 Å². The van der Waals surface area contributed by atoms with Gasteiger partial charge in [-0.25, -0.2) is 0 Å². The molecule has 0 saturated heterocycles. The molecule has 4 nitrogen and oxygen atoms in total. The molecule has 1 aliphatic rings. The zero-order valence-electron chi connectivity index (χ0n) is 9.31. The Bertz CT molecular complexity index is 181. The highest BCUT2D eigenvalue weighted by molar-refractivity contribution is 6.40. The number of hydrogen-bond donors (Lipinski definition) is 4. The van der Waals surface area contributed by atoms with Crippen molar-refractivity contribution in [2.24, 2.45) is 17.4 Å². The number of unbranched alkanes of at least 4 members (excludes halogenated alkanes) is 1. The van der Waals surface area contributed by atoms with E-state index in [1.165, 1.54) is 0 Å². The molecular formula is C10H23BN2O2. The molecule has 0 spiro atoms. The Labute approximate surface area is 92.2 Å². The molecule has 0 heterocycles. The second kappa shape index (κ2) is 6.48. The summed E-state index contributed by atoms with van der Waals surface area (Å²) < 4.78 is 0. The van der Waals surface area contributed by atoms with Gasteiger partial charge in [0.25, 0.3) is 0 Å². The van der Waals surface area contributed by atoms with Crippen LogP contribution in [0.1, 0.15) is 38.5 Å². The molecule has 0 aromatic rings. The van der Waals surface area contributed by atoms with Crippen LogP contribution in [0, 0.1) is 5.92 Å². The molecule has 1 rings (SSSR count). The third-order valence-corrected chi connectivity index (χ3v) is 3.37. The van der Waals surface area contributed by atoms with Crippen molar-refractivity contribution in [1.82, 2.24) is 0 Å². The van der Waals surface area contributed by atoms with Crippen LogP contribution in [-0.4, -0.2) is 29.3 Å². The van der Waals surface area contributed by atoms with E-state index in [-0.39, 0.29) is 6.04 Å². The largest absolute Gasteiger partial charge is 0.451 e. The zero-order valence-corrected chi connectivity index (χ0v) is 9.31. The van der Waals surface area contributed by atoms with Gasteiger partial charge >= 0.3 is 7.12 Å². The Balaban J connectivity index is 2.05. The molecule has 1 saturated carbocycles. The first kappa shape index (κ1) is 13.0. The maximum atomic E-state index is 8.67. The average Bonchev–Trinajstić information content (AvgIpc) is 2.59. The standard InChI is InChI=1S/C10H23BN2O2/c12-9-5-4-8(7-9)10(13)3-1-2-6-11(14)15/h8-10,14-15H,1-7,12-13H2/t8?,9-,10-/m0/s1. The quantitative estimate of drug-likeness (QED) is 0.372. The van der Waals surface area contributed by atoms with E-state index in [2.05, 4.69) is 0 Å². The van der Waals surface area contributed by atoms with Crippen LogP contribution in [0.3, 0.4) is 0 Å². The minimum Gasteiger partial charge on any atom is -0.427 e. The Morgan fingerprint density at radius 1 is 1.27 bits per heavy atom. The summed E-state index contributed by atoms with van der Waals surface area (Å²) in [5.74, 6) is 0.582. The van der Waals surface area contributed by atoms with Crippen LogP contribution >= 0.6 is 0 Å². The predicted octanol–water partition coefficient (Wildman–Crippen LogP) is 0.0842. The summed E-state index contributed by atoms with van der Waals surface area (Å²) in [6, 6.07) is 0.592. The number of rotatable bonds is 6. The molecule has 0 aliphatic heterocycles. The lowest BCUT2D eigenvalue weighted by molar-refractivity contribution is 0.383. The molecule has 6 N–H and O–H groups in total. The molecule has 5 heteroatoms. The monoisotopic (exact) mass is 214 g/mol. The van der Waals surface area contributed by atoms with Crippen LogP contribution < -0.4 is 11.5 Å². The van der Waals surface area contributed by atoms with Crippen molar-refractivity contribution in [2.45, 2.75) is 56.9 Å². The Morgan fingerprint density at radius 3 is 2.53 bits per heavy atom. The SMILES string of the molecule is N[C@H]1CCC([C@@H](N)CCCCB(O)O)C1. The van der Waals surface area contributed by atoms with Gasteiger partial charge in [-0.2, -0.15) is 0 Å². The van der Waals surface area contributed by atoms with Gasteiger partial charge in [0.2, 0.25) is 0 Å². The predicted molar refractivity (Wildman–Crippen MR) is 62.1 cm³/mol.